The summed E-state index contributed by atoms with van der Waals surface area (Å²) in [5.74, 6) is 0.661. The Morgan fingerprint density at radius 1 is 1.29 bits per heavy atom. The van der Waals surface area contributed by atoms with Gasteiger partial charge in [0.1, 0.15) is 0 Å². The molecule has 6 heteroatoms. The lowest BCUT2D eigenvalue weighted by Gasteiger charge is -2.17. The standard InChI is InChI=1S/C18H21N3O2S/c22-17(21-10-12-9-19-18(23)13(12)11-21)8-4-3-7-16-20-14-5-1-2-6-15(14)24-16/h1-2,5-6,12-13H,3-4,7-11H2,(H,19,23)/t12-,13+/m0/s1. The number of hydrogen-bond acceptors (Lipinski definition) is 4. The first-order valence-electron chi connectivity index (χ1n) is 8.60. The maximum absolute atomic E-state index is 12.3. The molecule has 0 spiro atoms. The normalized spacial score (nSPS) is 22.8. The van der Waals surface area contributed by atoms with Crippen molar-refractivity contribution in [1.82, 2.24) is 15.2 Å². The number of likely N-dealkylation sites (tertiary alicyclic amines) is 1. The SMILES string of the molecule is O=C1NC[C@H]2CN(C(=O)CCCCc3nc4ccccc4s3)C[C@@H]12. The van der Waals surface area contributed by atoms with E-state index in [0.29, 0.717) is 18.9 Å². The molecular weight excluding hydrogens is 322 g/mol. The van der Waals surface area contributed by atoms with E-state index in [9.17, 15) is 9.59 Å². The molecule has 3 heterocycles. The molecule has 0 saturated carbocycles. The van der Waals surface area contributed by atoms with Gasteiger partial charge in [0.05, 0.1) is 21.1 Å². The van der Waals surface area contributed by atoms with E-state index in [4.69, 9.17) is 0 Å². The van der Waals surface area contributed by atoms with Crippen LogP contribution in [0, 0.1) is 11.8 Å². The van der Waals surface area contributed by atoms with Crippen molar-refractivity contribution in [1.29, 1.82) is 0 Å². The van der Waals surface area contributed by atoms with Crippen molar-refractivity contribution < 1.29 is 9.59 Å². The van der Waals surface area contributed by atoms with Gasteiger partial charge >= 0.3 is 0 Å². The van der Waals surface area contributed by atoms with Crippen molar-refractivity contribution in [3.05, 3.63) is 29.3 Å². The molecule has 0 bridgehead atoms. The van der Waals surface area contributed by atoms with Crippen LogP contribution in [0.15, 0.2) is 24.3 Å². The summed E-state index contributed by atoms with van der Waals surface area (Å²) < 4.78 is 1.23. The fourth-order valence-corrected chi connectivity index (χ4v) is 4.69. The van der Waals surface area contributed by atoms with Crippen LogP contribution in [0.3, 0.4) is 0 Å². The maximum Gasteiger partial charge on any atom is 0.225 e. The van der Waals surface area contributed by atoms with Crippen LogP contribution in [-0.2, 0) is 16.0 Å². The van der Waals surface area contributed by atoms with Crippen LogP contribution >= 0.6 is 11.3 Å². The van der Waals surface area contributed by atoms with Crippen LogP contribution in [0.2, 0.25) is 0 Å². The third kappa shape index (κ3) is 3.02. The Kier molecular flexibility index (Phi) is 4.22. The van der Waals surface area contributed by atoms with E-state index >= 15 is 0 Å². The molecule has 2 atom stereocenters. The van der Waals surface area contributed by atoms with Gasteiger partial charge in [-0.05, 0) is 31.4 Å². The minimum atomic E-state index is 0.0247. The minimum absolute atomic E-state index is 0.0247. The van der Waals surface area contributed by atoms with Crippen LogP contribution in [0.25, 0.3) is 10.2 Å². The summed E-state index contributed by atoms with van der Waals surface area (Å²) in [6.45, 7) is 2.07. The first-order valence-corrected chi connectivity index (χ1v) is 9.42. The molecule has 0 radical (unpaired) electrons. The number of rotatable bonds is 5. The van der Waals surface area contributed by atoms with Crippen LogP contribution in [0.1, 0.15) is 24.3 Å². The van der Waals surface area contributed by atoms with Gasteiger partial charge < -0.3 is 10.2 Å². The van der Waals surface area contributed by atoms with E-state index in [0.717, 1.165) is 42.9 Å². The molecule has 2 aliphatic heterocycles. The number of nitrogens with zero attached hydrogens (tertiary/aromatic N) is 2. The molecule has 2 amide bonds. The Balaban J connectivity index is 1.23. The number of benzene rings is 1. The van der Waals surface area contributed by atoms with Gasteiger partial charge in [0.15, 0.2) is 0 Å². The molecule has 1 aromatic carbocycles. The number of thiazole rings is 1. The summed E-state index contributed by atoms with van der Waals surface area (Å²) >= 11 is 1.74. The number of nitrogens with one attached hydrogen (secondary N) is 1. The second kappa shape index (κ2) is 6.51. The van der Waals surface area contributed by atoms with Gasteiger partial charge in [-0.3, -0.25) is 9.59 Å². The molecule has 24 heavy (non-hydrogen) atoms. The predicted octanol–water partition coefficient (Wildman–Crippen LogP) is 2.21. The van der Waals surface area contributed by atoms with Gasteiger partial charge in [0, 0.05) is 32.0 Å². The number of aryl methyl sites for hydroxylation is 1. The van der Waals surface area contributed by atoms with Crippen molar-refractivity contribution in [3.8, 4) is 0 Å². The summed E-state index contributed by atoms with van der Waals surface area (Å²) in [6.07, 6.45) is 3.37. The second-order valence-corrected chi connectivity index (χ2v) is 7.81. The average molecular weight is 343 g/mol. The zero-order valence-electron chi connectivity index (χ0n) is 13.5. The molecule has 4 rings (SSSR count). The molecule has 1 aromatic heterocycles. The number of para-hydroxylation sites is 1. The van der Waals surface area contributed by atoms with Gasteiger partial charge in [0.25, 0.3) is 0 Å². The highest BCUT2D eigenvalue weighted by molar-refractivity contribution is 7.18. The molecule has 5 nitrogen and oxygen atoms in total. The van der Waals surface area contributed by atoms with E-state index < -0.39 is 0 Å². The summed E-state index contributed by atoms with van der Waals surface area (Å²) in [5.41, 5.74) is 1.07. The molecule has 0 unspecified atom stereocenters. The number of fused-ring (bicyclic) bond motifs is 2. The smallest absolute Gasteiger partial charge is 0.225 e. The van der Waals surface area contributed by atoms with Crippen LogP contribution in [0.4, 0.5) is 0 Å². The first-order chi connectivity index (χ1) is 11.7. The number of hydrogen-bond donors (Lipinski definition) is 1. The summed E-state index contributed by atoms with van der Waals surface area (Å²) in [7, 11) is 0. The Morgan fingerprint density at radius 2 is 2.17 bits per heavy atom. The van der Waals surface area contributed by atoms with Crippen LogP contribution in [0.5, 0.6) is 0 Å². The van der Waals surface area contributed by atoms with Crippen molar-refractivity contribution in [2.24, 2.45) is 11.8 Å². The first kappa shape index (κ1) is 15.6. The third-order valence-corrected chi connectivity index (χ3v) is 6.13. The molecular formula is C18H21N3O2S. The molecule has 126 valence electrons. The Hall–Kier alpha value is -1.95. The van der Waals surface area contributed by atoms with E-state index in [1.807, 2.05) is 23.1 Å². The molecule has 2 fully saturated rings. The van der Waals surface area contributed by atoms with Gasteiger partial charge in [0.2, 0.25) is 11.8 Å². The van der Waals surface area contributed by atoms with Crippen molar-refractivity contribution in [2.75, 3.05) is 19.6 Å². The molecule has 1 N–H and O–H groups in total. The van der Waals surface area contributed by atoms with Gasteiger partial charge in [-0.25, -0.2) is 4.98 Å². The molecule has 2 aromatic rings. The highest BCUT2D eigenvalue weighted by Gasteiger charge is 2.43. The van der Waals surface area contributed by atoms with E-state index in [2.05, 4.69) is 16.4 Å². The summed E-state index contributed by atoms with van der Waals surface area (Å²) in [5, 5.41) is 4.03. The number of unbranched alkanes of at least 4 members (excludes halogenated alkanes) is 1. The van der Waals surface area contributed by atoms with Gasteiger partial charge in [-0.15, -0.1) is 11.3 Å². The highest BCUT2D eigenvalue weighted by atomic mass is 32.1. The highest BCUT2D eigenvalue weighted by Crippen LogP contribution is 2.28. The quantitative estimate of drug-likeness (QED) is 0.847. The minimum Gasteiger partial charge on any atom is -0.355 e. The Bertz CT molecular complexity index is 739. The van der Waals surface area contributed by atoms with Crippen molar-refractivity contribution in [3.63, 3.8) is 0 Å². The molecule has 2 saturated heterocycles. The Labute approximate surface area is 145 Å². The second-order valence-electron chi connectivity index (χ2n) is 6.69. The zero-order chi connectivity index (χ0) is 16.5. The number of carbonyl (C=O) groups is 2. The summed E-state index contributed by atoms with van der Waals surface area (Å²) in [6, 6.07) is 8.19. The fraction of sp³-hybridized carbons (Fsp3) is 0.500. The average Bonchev–Trinajstić information content (AvgIpc) is 3.26. The topological polar surface area (TPSA) is 62.3 Å². The van der Waals surface area contributed by atoms with Gasteiger partial charge in [-0.2, -0.15) is 0 Å². The monoisotopic (exact) mass is 343 g/mol. The number of aromatic nitrogens is 1. The lowest BCUT2D eigenvalue weighted by atomic mass is 10.0. The zero-order valence-corrected chi connectivity index (χ0v) is 14.3. The van der Waals surface area contributed by atoms with E-state index in [-0.39, 0.29) is 17.7 Å². The Morgan fingerprint density at radius 3 is 3.00 bits per heavy atom. The maximum atomic E-state index is 12.3. The number of amides is 2. The largest absolute Gasteiger partial charge is 0.355 e. The third-order valence-electron chi connectivity index (χ3n) is 5.04. The van der Waals surface area contributed by atoms with Crippen LogP contribution in [-0.4, -0.2) is 41.3 Å². The lowest BCUT2D eigenvalue weighted by Crippen LogP contribution is -2.33. The van der Waals surface area contributed by atoms with E-state index in [1.165, 1.54) is 4.70 Å². The van der Waals surface area contributed by atoms with Crippen LogP contribution < -0.4 is 5.32 Å². The van der Waals surface area contributed by atoms with Crippen molar-refractivity contribution in [2.45, 2.75) is 25.7 Å². The summed E-state index contributed by atoms with van der Waals surface area (Å²) in [4.78, 5) is 30.5. The van der Waals surface area contributed by atoms with Crippen molar-refractivity contribution >= 4 is 33.4 Å². The lowest BCUT2D eigenvalue weighted by molar-refractivity contribution is -0.131. The fourth-order valence-electron chi connectivity index (χ4n) is 3.68. The predicted molar refractivity (Wildman–Crippen MR) is 93.7 cm³/mol. The van der Waals surface area contributed by atoms with E-state index in [1.54, 1.807) is 11.3 Å². The van der Waals surface area contributed by atoms with Gasteiger partial charge in [-0.1, -0.05) is 12.1 Å². The molecule has 0 aliphatic carbocycles. The number of carbonyl (C=O) groups excluding carboxylic acids is 2. The molecule has 2 aliphatic rings.